The highest BCUT2D eigenvalue weighted by molar-refractivity contribution is 5.88. The fourth-order valence-corrected chi connectivity index (χ4v) is 5.45. The van der Waals surface area contributed by atoms with Crippen LogP contribution in [-0.2, 0) is 9.59 Å². The van der Waals surface area contributed by atoms with Gasteiger partial charge in [-0.1, -0.05) is 48.0 Å². The van der Waals surface area contributed by atoms with Gasteiger partial charge in [0.2, 0.25) is 11.8 Å². The second kappa shape index (κ2) is 12.2. The predicted molar refractivity (Wildman–Crippen MR) is 129 cm³/mol. The van der Waals surface area contributed by atoms with Crippen molar-refractivity contribution in [1.29, 1.82) is 0 Å². The van der Waals surface area contributed by atoms with Gasteiger partial charge in [-0.3, -0.25) is 9.59 Å². The van der Waals surface area contributed by atoms with Crippen LogP contribution in [0.2, 0.25) is 0 Å². The Morgan fingerprint density at radius 2 is 1.71 bits per heavy atom. The summed E-state index contributed by atoms with van der Waals surface area (Å²) in [6, 6.07) is 0.270. The maximum absolute atomic E-state index is 12.9. The van der Waals surface area contributed by atoms with Gasteiger partial charge in [-0.15, -0.1) is 0 Å². The van der Waals surface area contributed by atoms with Crippen molar-refractivity contribution < 1.29 is 9.59 Å². The summed E-state index contributed by atoms with van der Waals surface area (Å²) in [5, 5.41) is 6.18. The molecule has 1 saturated carbocycles. The van der Waals surface area contributed by atoms with Crippen molar-refractivity contribution in [3.05, 3.63) is 0 Å². The van der Waals surface area contributed by atoms with Crippen molar-refractivity contribution in [2.45, 2.75) is 111 Å². The number of piperidine rings is 1. The zero-order valence-corrected chi connectivity index (χ0v) is 21.1. The highest BCUT2D eigenvalue weighted by atomic mass is 16.2. The summed E-state index contributed by atoms with van der Waals surface area (Å²) in [5.74, 6) is 0.866. The molecule has 1 saturated heterocycles. The Kier molecular flexibility index (Phi) is 10.3. The largest absolute Gasteiger partial charge is 0.354 e. The smallest absolute Gasteiger partial charge is 0.242 e. The van der Waals surface area contributed by atoms with Crippen LogP contribution in [0.5, 0.6) is 0 Å². The molecule has 0 spiro atoms. The third-order valence-electron chi connectivity index (χ3n) is 7.71. The van der Waals surface area contributed by atoms with E-state index in [1.165, 1.54) is 32.2 Å². The number of hydrogen-bond donors (Lipinski definition) is 2. The van der Waals surface area contributed by atoms with Gasteiger partial charge in [0, 0.05) is 25.0 Å². The molecule has 1 heterocycles. The molecule has 0 radical (unpaired) electrons. The SMILES string of the molecule is CC[C@@H]1CCCCN1CCCNC(=O)[C@H](NC(=O)C1CCC(C(C)(C)C)CC1)C(C)C. The molecule has 2 atom stereocenters. The number of rotatable bonds is 9. The number of carbonyl (C=O) groups excluding carboxylic acids is 2. The van der Waals surface area contributed by atoms with Gasteiger partial charge in [-0.2, -0.15) is 0 Å². The summed E-state index contributed by atoms with van der Waals surface area (Å²) in [4.78, 5) is 28.3. The van der Waals surface area contributed by atoms with E-state index in [-0.39, 0.29) is 23.7 Å². The van der Waals surface area contributed by atoms with Crippen molar-refractivity contribution in [3.63, 3.8) is 0 Å². The average molecular weight is 436 g/mol. The molecule has 5 heteroatoms. The minimum Gasteiger partial charge on any atom is -0.354 e. The van der Waals surface area contributed by atoms with Crippen molar-refractivity contribution in [2.75, 3.05) is 19.6 Å². The van der Waals surface area contributed by atoms with E-state index in [0.29, 0.717) is 23.9 Å². The van der Waals surface area contributed by atoms with Crippen LogP contribution in [0.3, 0.4) is 0 Å². The van der Waals surface area contributed by atoms with E-state index in [9.17, 15) is 9.59 Å². The van der Waals surface area contributed by atoms with Crippen LogP contribution in [0.1, 0.15) is 99.3 Å². The molecule has 180 valence electrons. The fourth-order valence-electron chi connectivity index (χ4n) is 5.45. The van der Waals surface area contributed by atoms with Crippen molar-refractivity contribution in [1.82, 2.24) is 15.5 Å². The Hall–Kier alpha value is -1.10. The third-order valence-corrected chi connectivity index (χ3v) is 7.71. The molecule has 2 N–H and O–H groups in total. The van der Waals surface area contributed by atoms with Gasteiger partial charge in [0.25, 0.3) is 0 Å². The number of amides is 2. The van der Waals surface area contributed by atoms with E-state index < -0.39 is 6.04 Å². The highest BCUT2D eigenvalue weighted by Crippen LogP contribution is 2.39. The molecule has 31 heavy (non-hydrogen) atoms. The zero-order valence-electron chi connectivity index (χ0n) is 21.1. The molecule has 2 aliphatic rings. The van der Waals surface area contributed by atoms with E-state index in [2.05, 4.69) is 43.2 Å². The molecule has 0 aromatic carbocycles. The first-order valence-corrected chi connectivity index (χ1v) is 13.0. The van der Waals surface area contributed by atoms with Crippen molar-refractivity contribution >= 4 is 11.8 Å². The molecule has 0 bridgehead atoms. The molecular weight excluding hydrogens is 386 g/mol. The predicted octanol–water partition coefficient (Wildman–Crippen LogP) is 4.75. The fraction of sp³-hybridized carbons (Fsp3) is 0.923. The minimum absolute atomic E-state index is 0.0302. The molecule has 5 nitrogen and oxygen atoms in total. The average Bonchev–Trinajstić information content (AvgIpc) is 2.74. The second-order valence-corrected chi connectivity index (χ2v) is 11.4. The molecule has 0 aromatic heterocycles. The molecule has 0 unspecified atom stereocenters. The van der Waals surface area contributed by atoms with E-state index in [1.54, 1.807) is 0 Å². The third kappa shape index (κ3) is 8.07. The summed E-state index contributed by atoms with van der Waals surface area (Å²) in [5.41, 5.74) is 0.313. The number of likely N-dealkylation sites (tertiary alicyclic amines) is 1. The Morgan fingerprint density at radius 1 is 1.03 bits per heavy atom. The first-order chi connectivity index (χ1) is 14.6. The van der Waals surface area contributed by atoms with Crippen molar-refractivity contribution in [3.8, 4) is 0 Å². The summed E-state index contributed by atoms with van der Waals surface area (Å²) in [6.45, 7) is 16.1. The molecule has 2 rings (SSSR count). The molecule has 0 aromatic rings. The van der Waals surface area contributed by atoms with Gasteiger partial charge >= 0.3 is 0 Å². The van der Waals surface area contributed by atoms with Crippen LogP contribution in [-0.4, -0.2) is 48.4 Å². The number of carbonyl (C=O) groups is 2. The molecule has 2 amide bonds. The first-order valence-electron chi connectivity index (χ1n) is 13.0. The summed E-state index contributed by atoms with van der Waals surface area (Å²) < 4.78 is 0. The summed E-state index contributed by atoms with van der Waals surface area (Å²) >= 11 is 0. The number of nitrogens with one attached hydrogen (secondary N) is 2. The van der Waals surface area contributed by atoms with Gasteiger partial charge in [-0.25, -0.2) is 0 Å². The van der Waals surface area contributed by atoms with Gasteiger partial charge < -0.3 is 15.5 Å². The van der Waals surface area contributed by atoms with Gasteiger partial charge in [0.15, 0.2) is 0 Å². The van der Waals surface area contributed by atoms with Crippen molar-refractivity contribution in [2.24, 2.45) is 23.2 Å². The minimum atomic E-state index is -0.439. The lowest BCUT2D eigenvalue weighted by atomic mass is 9.69. The Morgan fingerprint density at radius 3 is 2.29 bits per heavy atom. The van der Waals surface area contributed by atoms with E-state index in [0.717, 1.165) is 38.6 Å². The Labute approximate surface area is 191 Å². The number of hydrogen-bond acceptors (Lipinski definition) is 3. The van der Waals surface area contributed by atoms with Crippen LogP contribution in [0.25, 0.3) is 0 Å². The van der Waals surface area contributed by atoms with Crippen LogP contribution >= 0.6 is 0 Å². The van der Waals surface area contributed by atoms with Crippen LogP contribution < -0.4 is 10.6 Å². The maximum Gasteiger partial charge on any atom is 0.242 e. The van der Waals surface area contributed by atoms with E-state index in [1.807, 2.05) is 13.8 Å². The van der Waals surface area contributed by atoms with E-state index in [4.69, 9.17) is 0 Å². The zero-order chi connectivity index (χ0) is 23.0. The second-order valence-electron chi connectivity index (χ2n) is 11.4. The topological polar surface area (TPSA) is 61.4 Å². The van der Waals surface area contributed by atoms with Crippen LogP contribution in [0, 0.1) is 23.2 Å². The lowest BCUT2D eigenvalue weighted by Crippen LogP contribution is -2.52. The Balaban J connectivity index is 1.75. The first kappa shape index (κ1) is 26.2. The van der Waals surface area contributed by atoms with Crippen LogP contribution in [0.4, 0.5) is 0 Å². The lowest BCUT2D eigenvalue weighted by Gasteiger charge is -2.37. The molecular formula is C26H49N3O2. The van der Waals surface area contributed by atoms with E-state index >= 15 is 0 Å². The molecule has 1 aliphatic heterocycles. The lowest BCUT2D eigenvalue weighted by molar-refractivity contribution is -0.133. The highest BCUT2D eigenvalue weighted by Gasteiger charge is 2.34. The molecule has 1 aliphatic carbocycles. The normalized spacial score (nSPS) is 26.5. The van der Waals surface area contributed by atoms with Gasteiger partial charge in [0.1, 0.15) is 6.04 Å². The standard InChI is InChI=1S/C26H49N3O2/c1-7-22-11-8-9-17-29(22)18-10-16-27-25(31)23(19(2)3)28-24(30)20-12-14-21(15-13-20)26(4,5)6/h19-23H,7-18H2,1-6H3,(H,27,31)(H,28,30)/t20?,21?,22-,23-/m1/s1. The van der Waals surface area contributed by atoms with Gasteiger partial charge in [0.05, 0.1) is 0 Å². The number of nitrogens with zero attached hydrogens (tertiary/aromatic N) is 1. The maximum atomic E-state index is 12.9. The van der Waals surface area contributed by atoms with Gasteiger partial charge in [-0.05, 0) is 75.2 Å². The summed E-state index contributed by atoms with van der Waals surface area (Å²) in [7, 11) is 0. The Bertz CT molecular complexity index is 561. The molecule has 2 fully saturated rings. The van der Waals surface area contributed by atoms with Crippen LogP contribution in [0.15, 0.2) is 0 Å². The quantitative estimate of drug-likeness (QED) is 0.514. The summed E-state index contributed by atoms with van der Waals surface area (Å²) in [6.07, 6.45) is 10.2. The monoisotopic (exact) mass is 435 g/mol.